The number of carbonyl (C=O) groups excluding carboxylic acids is 2. The number of benzene rings is 1. The zero-order chi connectivity index (χ0) is 19.3. The number of piperazine rings is 1. The Bertz CT molecular complexity index is 677. The summed E-state index contributed by atoms with van der Waals surface area (Å²) in [4.78, 5) is 29.2. The Labute approximate surface area is 166 Å². The SMILES string of the molecule is O=C(CN1CCN(C(=O)C2NNC3CCNCC32)CC1)NCc1ccccc1. The maximum Gasteiger partial charge on any atom is 0.241 e. The summed E-state index contributed by atoms with van der Waals surface area (Å²) < 4.78 is 0. The number of hydrogen-bond acceptors (Lipinski definition) is 6. The van der Waals surface area contributed by atoms with Gasteiger partial charge in [0.15, 0.2) is 0 Å². The van der Waals surface area contributed by atoms with Crippen molar-refractivity contribution in [1.29, 1.82) is 0 Å². The summed E-state index contributed by atoms with van der Waals surface area (Å²) in [6.45, 7) is 5.63. The van der Waals surface area contributed by atoms with Crippen LogP contribution in [0.5, 0.6) is 0 Å². The predicted octanol–water partition coefficient (Wildman–Crippen LogP) is -1.10. The van der Waals surface area contributed by atoms with Crippen LogP contribution in [-0.2, 0) is 16.1 Å². The molecule has 0 saturated carbocycles. The molecule has 8 heteroatoms. The van der Waals surface area contributed by atoms with Gasteiger partial charge in [-0.3, -0.25) is 19.9 Å². The highest BCUT2D eigenvalue weighted by molar-refractivity contribution is 5.83. The highest BCUT2D eigenvalue weighted by atomic mass is 16.2. The van der Waals surface area contributed by atoms with Crippen molar-refractivity contribution >= 4 is 11.8 Å². The fraction of sp³-hybridized carbons (Fsp3) is 0.600. The predicted molar refractivity (Wildman–Crippen MR) is 106 cm³/mol. The molecule has 28 heavy (non-hydrogen) atoms. The van der Waals surface area contributed by atoms with E-state index in [9.17, 15) is 9.59 Å². The van der Waals surface area contributed by atoms with Crippen LogP contribution >= 0.6 is 0 Å². The Balaban J connectivity index is 1.20. The molecule has 0 bridgehead atoms. The average molecular weight is 387 g/mol. The molecule has 152 valence electrons. The summed E-state index contributed by atoms with van der Waals surface area (Å²) in [6, 6.07) is 10.1. The van der Waals surface area contributed by atoms with Gasteiger partial charge in [0.25, 0.3) is 0 Å². The zero-order valence-corrected chi connectivity index (χ0v) is 16.2. The van der Waals surface area contributed by atoms with E-state index in [4.69, 9.17) is 0 Å². The van der Waals surface area contributed by atoms with Gasteiger partial charge in [-0.2, -0.15) is 0 Å². The molecule has 3 unspecified atom stereocenters. The van der Waals surface area contributed by atoms with Crippen LogP contribution in [0.15, 0.2) is 30.3 Å². The van der Waals surface area contributed by atoms with Gasteiger partial charge in [0.05, 0.1) is 6.54 Å². The van der Waals surface area contributed by atoms with Gasteiger partial charge in [-0.25, -0.2) is 5.43 Å². The van der Waals surface area contributed by atoms with Crippen molar-refractivity contribution < 1.29 is 9.59 Å². The Morgan fingerprint density at radius 2 is 1.86 bits per heavy atom. The van der Waals surface area contributed by atoms with Crippen LogP contribution < -0.4 is 21.5 Å². The topological polar surface area (TPSA) is 88.7 Å². The molecular formula is C20H30N6O2. The quantitative estimate of drug-likeness (QED) is 0.514. The second-order valence-electron chi connectivity index (χ2n) is 7.89. The second-order valence-corrected chi connectivity index (χ2v) is 7.89. The molecule has 8 nitrogen and oxygen atoms in total. The molecule has 4 rings (SSSR count). The van der Waals surface area contributed by atoms with Crippen molar-refractivity contribution in [3.8, 4) is 0 Å². The van der Waals surface area contributed by atoms with Gasteiger partial charge in [-0.1, -0.05) is 30.3 Å². The molecule has 2 amide bonds. The molecule has 0 spiro atoms. The number of hydrogen-bond donors (Lipinski definition) is 4. The number of carbonyl (C=O) groups is 2. The van der Waals surface area contributed by atoms with Gasteiger partial charge in [0, 0.05) is 51.2 Å². The van der Waals surface area contributed by atoms with Crippen molar-refractivity contribution in [2.45, 2.75) is 25.0 Å². The largest absolute Gasteiger partial charge is 0.351 e. The summed E-state index contributed by atoms with van der Waals surface area (Å²) in [5.41, 5.74) is 7.60. The molecule has 4 N–H and O–H groups in total. The maximum absolute atomic E-state index is 12.9. The van der Waals surface area contributed by atoms with E-state index >= 15 is 0 Å². The lowest BCUT2D eigenvalue weighted by atomic mass is 9.89. The van der Waals surface area contributed by atoms with E-state index < -0.39 is 0 Å². The molecule has 1 aromatic rings. The average Bonchev–Trinajstić information content (AvgIpc) is 3.17. The van der Waals surface area contributed by atoms with Gasteiger partial charge in [0.1, 0.15) is 6.04 Å². The highest BCUT2D eigenvalue weighted by Gasteiger charge is 2.43. The minimum atomic E-state index is -0.154. The first kappa shape index (κ1) is 19.3. The van der Waals surface area contributed by atoms with Crippen LogP contribution in [0, 0.1) is 5.92 Å². The van der Waals surface area contributed by atoms with E-state index in [0.29, 0.717) is 38.1 Å². The summed E-state index contributed by atoms with van der Waals surface area (Å²) >= 11 is 0. The molecular weight excluding hydrogens is 356 g/mol. The third-order valence-corrected chi connectivity index (χ3v) is 6.03. The monoisotopic (exact) mass is 386 g/mol. The molecule has 3 aliphatic rings. The van der Waals surface area contributed by atoms with Crippen LogP contribution in [0.25, 0.3) is 0 Å². The molecule has 3 atom stereocenters. The second kappa shape index (κ2) is 9.00. The Morgan fingerprint density at radius 3 is 2.64 bits per heavy atom. The molecule has 3 fully saturated rings. The first-order valence-electron chi connectivity index (χ1n) is 10.2. The van der Waals surface area contributed by atoms with Crippen molar-refractivity contribution in [2.75, 3.05) is 45.8 Å². The third kappa shape index (κ3) is 4.52. The Hall–Kier alpha value is -2.00. The van der Waals surface area contributed by atoms with E-state index in [1.54, 1.807) is 0 Å². The maximum atomic E-state index is 12.9. The lowest BCUT2D eigenvalue weighted by molar-refractivity contribution is -0.136. The first-order chi connectivity index (χ1) is 13.7. The number of nitrogens with one attached hydrogen (secondary N) is 4. The molecule has 3 aliphatic heterocycles. The molecule has 0 radical (unpaired) electrons. The van der Waals surface area contributed by atoms with Crippen LogP contribution in [0.3, 0.4) is 0 Å². The smallest absolute Gasteiger partial charge is 0.241 e. The van der Waals surface area contributed by atoms with Crippen LogP contribution in [0.4, 0.5) is 0 Å². The number of fused-ring (bicyclic) bond motifs is 1. The minimum absolute atomic E-state index is 0.0291. The highest BCUT2D eigenvalue weighted by Crippen LogP contribution is 2.22. The molecule has 0 aromatic heterocycles. The van der Waals surface area contributed by atoms with E-state index in [1.165, 1.54) is 0 Å². The molecule has 3 saturated heterocycles. The first-order valence-corrected chi connectivity index (χ1v) is 10.2. The van der Waals surface area contributed by atoms with Crippen molar-refractivity contribution in [2.24, 2.45) is 5.92 Å². The van der Waals surface area contributed by atoms with E-state index in [-0.39, 0.29) is 17.9 Å². The third-order valence-electron chi connectivity index (χ3n) is 6.03. The van der Waals surface area contributed by atoms with Gasteiger partial charge in [-0.05, 0) is 18.5 Å². The van der Waals surface area contributed by atoms with E-state index in [1.807, 2.05) is 35.2 Å². The number of rotatable bonds is 5. The number of amides is 2. The normalized spacial score (nSPS) is 28.0. The Kier molecular flexibility index (Phi) is 6.21. The molecule has 3 heterocycles. The Morgan fingerprint density at radius 1 is 1.07 bits per heavy atom. The standard InChI is InChI=1S/C20H30N6O2/c27-18(22-12-15-4-2-1-3-5-15)14-25-8-10-26(11-9-25)20(28)19-16-13-21-7-6-17(16)23-24-19/h1-5,16-17,19,21,23-24H,6-14H2,(H,22,27). The fourth-order valence-electron chi connectivity index (χ4n) is 4.34. The van der Waals surface area contributed by atoms with Crippen molar-refractivity contribution in [3.05, 3.63) is 35.9 Å². The van der Waals surface area contributed by atoms with Crippen molar-refractivity contribution in [3.63, 3.8) is 0 Å². The van der Waals surface area contributed by atoms with Crippen LogP contribution in [0.1, 0.15) is 12.0 Å². The summed E-state index contributed by atoms with van der Waals surface area (Å²) in [6.07, 6.45) is 1.05. The minimum Gasteiger partial charge on any atom is -0.351 e. The lowest BCUT2D eigenvalue weighted by Gasteiger charge is -2.37. The number of piperidine rings is 1. The summed E-state index contributed by atoms with van der Waals surface area (Å²) in [5.74, 6) is 0.515. The van der Waals surface area contributed by atoms with Crippen LogP contribution in [0.2, 0.25) is 0 Å². The molecule has 0 aliphatic carbocycles. The van der Waals surface area contributed by atoms with E-state index in [2.05, 4.69) is 26.4 Å². The van der Waals surface area contributed by atoms with Gasteiger partial charge < -0.3 is 15.5 Å². The lowest BCUT2D eigenvalue weighted by Crippen LogP contribution is -2.56. The van der Waals surface area contributed by atoms with Gasteiger partial charge in [0.2, 0.25) is 11.8 Å². The fourth-order valence-corrected chi connectivity index (χ4v) is 4.34. The summed E-state index contributed by atoms with van der Waals surface area (Å²) in [5, 5.41) is 6.36. The van der Waals surface area contributed by atoms with Gasteiger partial charge in [-0.15, -0.1) is 0 Å². The van der Waals surface area contributed by atoms with E-state index in [0.717, 1.165) is 38.2 Å². The van der Waals surface area contributed by atoms with Crippen molar-refractivity contribution in [1.82, 2.24) is 31.3 Å². The van der Waals surface area contributed by atoms with Crippen LogP contribution in [-0.4, -0.2) is 79.5 Å². The zero-order valence-electron chi connectivity index (χ0n) is 16.2. The number of hydrazine groups is 1. The summed E-state index contributed by atoms with van der Waals surface area (Å²) in [7, 11) is 0. The molecule has 1 aromatic carbocycles. The van der Waals surface area contributed by atoms with Gasteiger partial charge >= 0.3 is 0 Å². The number of nitrogens with zero attached hydrogens (tertiary/aromatic N) is 2.